The molecule has 2 N–H and O–H groups in total. The Morgan fingerprint density at radius 2 is 1.36 bits per heavy atom. The first-order valence-electron chi connectivity index (χ1n) is 13.8. The van der Waals surface area contributed by atoms with Crippen LogP contribution in [0.2, 0.25) is 0 Å². The topological polar surface area (TPSA) is 70.1 Å². The summed E-state index contributed by atoms with van der Waals surface area (Å²) in [6, 6.07) is 21.5. The summed E-state index contributed by atoms with van der Waals surface area (Å²) in [6.07, 6.45) is -8.15. The average molecular weight is 610 g/mol. The molecule has 0 amide bonds. The van der Waals surface area contributed by atoms with Crippen LogP contribution in [-0.2, 0) is 23.6 Å². The van der Waals surface area contributed by atoms with Crippen LogP contribution in [0.5, 0.6) is 0 Å². The molecule has 0 radical (unpaired) electrons. The maximum Gasteiger partial charge on any atom is 0.416 e. The molecule has 1 saturated heterocycles. The summed E-state index contributed by atoms with van der Waals surface area (Å²) < 4.78 is 86.9. The third-order valence-corrected chi connectivity index (χ3v) is 7.82. The Kier molecular flexibility index (Phi) is 7.44. The number of fused-ring (bicyclic) bond motifs is 1. The fourth-order valence-corrected chi connectivity index (χ4v) is 5.58. The van der Waals surface area contributed by atoms with Crippen molar-refractivity contribution in [2.75, 3.05) is 5.73 Å². The monoisotopic (exact) mass is 609 g/mol. The van der Waals surface area contributed by atoms with Gasteiger partial charge in [-0.3, -0.25) is 9.36 Å². The quantitative estimate of drug-likeness (QED) is 0.204. The van der Waals surface area contributed by atoms with Crippen LogP contribution in [0.3, 0.4) is 0 Å². The van der Waals surface area contributed by atoms with Gasteiger partial charge in [0, 0.05) is 0 Å². The molecule has 1 aliphatic heterocycles. The third kappa shape index (κ3) is 5.79. The SMILES string of the molecule is Nc1nc2cc(-c3ccc(C(F)(F)F)cc3)cc(-c3ccc(C(F)(F)F)cc3)c2c(=O)n1CC1CCC(c2ccccc2)O1. The molecule has 0 spiro atoms. The molecule has 6 rings (SSSR count). The summed E-state index contributed by atoms with van der Waals surface area (Å²) in [6.45, 7) is 0.115. The lowest BCUT2D eigenvalue weighted by atomic mass is 9.94. The molecule has 1 aliphatic rings. The van der Waals surface area contributed by atoms with Crippen molar-refractivity contribution in [2.24, 2.45) is 0 Å². The summed E-state index contributed by atoms with van der Waals surface area (Å²) in [5.41, 5.74) is 6.62. The molecule has 2 atom stereocenters. The van der Waals surface area contributed by atoms with Gasteiger partial charge in [-0.25, -0.2) is 4.98 Å². The van der Waals surface area contributed by atoms with Gasteiger partial charge in [0.1, 0.15) is 0 Å². The zero-order valence-electron chi connectivity index (χ0n) is 23.0. The van der Waals surface area contributed by atoms with Gasteiger partial charge in [-0.2, -0.15) is 26.3 Å². The van der Waals surface area contributed by atoms with Crippen molar-refractivity contribution < 1.29 is 31.1 Å². The summed E-state index contributed by atoms with van der Waals surface area (Å²) in [5, 5.41) is 0.118. The standard InChI is InChI=1S/C33H25F6N3O2/c34-32(35,36)23-10-6-19(7-11-23)22-16-26(20-8-12-24(13-9-20)33(37,38)39)29-27(17-22)41-31(40)42(30(29)43)18-25-14-15-28(44-25)21-4-2-1-3-5-21/h1-13,16-17,25,28H,14-15,18H2,(H2,40,41). The highest BCUT2D eigenvalue weighted by molar-refractivity contribution is 5.98. The first-order chi connectivity index (χ1) is 20.9. The number of alkyl halides is 6. The Morgan fingerprint density at radius 3 is 1.95 bits per heavy atom. The lowest BCUT2D eigenvalue weighted by Crippen LogP contribution is -2.30. The van der Waals surface area contributed by atoms with Crippen molar-refractivity contribution in [3.63, 3.8) is 0 Å². The average Bonchev–Trinajstić information content (AvgIpc) is 3.47. The number of nitrogen functional groups attached to an aromatic ring is 1. The zero-order valence-corrected chi connectivity index (χ0v) is 23.0. The number of hydrogen-bond acceptors (Lipinski definition) is 4. The molecular formula is C33H25F6N3O2. The maximum absolute atomic E-state index is 14.0. The van der Waals surface area contributed by atoms with Crippen molar-refractivity contribution in [2.45, 2.75) is 43.9 Å². The lowest BCUT2D eigenvalue weighted by Gasteiger charge is -2.18. The Bertz CT molecular complexity index is 1870. The van der Waals surface area contributed by atoms with Crippen LogP contribution in [0.15, 0.2) is 95.8 Å². The van der Waals surface area contributed by atoms with E-state index in [1.165, 1.54) is 34.9 Å². The molecule has 5 aromatic rings. The van der Waals surface area contributed by atoms with Crippen molar-refractivity contribution in [1.29, 1.82) is 0 Å². The molecule has 11 heteroatoms. The minimum atomic E-state index is -4.57. The number of rotatable bonds is 5. The van der Waals surface area contributed by atoms with Gasteiger partial charge in [-0.05, 0) is 77.1 Å². The number of anilines is 1. The molecule has 2 heterocycles. The second-order valence-electron chi connectivity index (χ2n) is 10.7. The second kappa shape index (κ2) is 11.1. The van der Waals surface area contributed by atoms with E-state index in [2.05, 4.69) is 4.98 Å². The first kappa shape index (κ1) is 29.4. The molecule has 2 unspecified atom stereocenters. The van der Waals surface area contributed by atoms with Gasteiger partial charge in [0.05, 0.1) is 40.8 Å². The van der Waals surface area contributed by atoms with Gasteiger partial charge >= 0.3 is 12.4 Å². The number of benzene rings is 4. The fraction of sp³-hybridized carbons (Fsp3) is 0.212. The van der Waals surface area contributed by atoms with Gasteiger partial charge in [-0.15, -0.1) is 0 Å². The maximum atomic E-state index is 14.0. The van der Waals surface area contributed by atoms with Gasteiger partial charge in [0.2, 0.25) is 5.95 Å². The van der Waals surface area contributed by atoms with E-state index in [0.29, 0.717) is 23.1 Å². The first-order valence-corrected chi connectivity index (χ1v) is 13.8. The lowest BCUT2D eigenvalue weighted by molar-refractivity contribution is -0.138. The highest BCUT2D eigenvalue weighted by Gasteiger charge is 2.32. The minimum Gasteiger partial charge on any atom is -0.369 e. The highest BCUT2D eigenvalue weighted by atomic mass is 19.4. The van der Waals surface area contributed by atoms with Crippen LogP contribution in [-0.4, -0.2) is 15.7 Å². The van der Waals surface area contributed by atoms with Crippen LogP contribution in [0.25, 0.3) is 33.2 Å². The van der Waals surface area contributed by atoms with Gasteiger partial charge in [0.25, 0.3) is 5.56 Å². The van der Waals surface area contributed by atoms with E-state index in [9.17, 15) is 31.1 Å². The number of hydrogen-bond donors (Lipinski definition) is 1. The van der Waals surface area contributed by atoms with E-state index in [1.807, 2.05) is 30.3 Å². The molecule has 226 valence electrons. The van der Waals surface area contributed by atoms with Crippen LogP contribution in [0.1, 0.15) is 35.6 Å². The van der Waals surface area contributed by atoms with Crippen LogP contribution in [0, 0.1) is 0 Å². The third-order valence-electron chi connectivity index (χ3n) is 7.82. The van der Waals surface area contributed by atoms with E-state index in [0.717, 1.165) is 36.2 Å². The van der Waals surface area contributed by atoms with Gasteiger partial charge in [0.15, 0.2) is 0 Å². The molecule has 0 saturated carbocycles. The molecule has 0 aliphatic carbocycles. The fourth-order valence-electron chi connectivity index (χ4n) is 5.58. The Labute approximate surface area is 247 Å². The molecule has 1 fully saturated rings. The number of nitrogens with two attached hydrogens (primary N) is 1. The van der Waals surface area contributed by atoms with Crippen molar-refractivity contribution in [3.8, 4) is 22.3 Å². The van der Waals surface area contributed by atoms with Crippen LogP contribution < -0.4 is 11.3 Å². The molecule has 5 nitrogen and oxygen atoms in total. The summed E-state index contributed by atoms with van der Waals surface area (Å²) in [7, 11) is 0. The van der Waals surface area contributed by atoms with Gasteiger partial charge in [-0.1, -0.05) is 54.6 Å². The van der Waals surface area contributed by atoms with E-state index in [4.69, 9.17) is 10.5 Å². The molecule has 1 aromatic heterocycles. The van der Waals surface area contributed by atoms with E-state index in [-0.39, 0.29) is 41.2 Å². The molecule has 44 heavy (non-hydrogen) atoms. The molecular weight excluding hydrogens is 584 g/mol. The van der Waals surface area contributed by atoms with Crippen molar-refractivity contribution in [3.05, 3.63) is 118 Å². The molecule has 4 aromatic carbocycles. The predicted octanol–water partition coefficient (Wildman–Crippen LogP) is 8.27. The Hall–Kier alpha value is -4.64. The normalized spacial score (nSPS) is 17.3. The van der Waals surface area contributed by atoms with Crippen LogP contribution >= 0.6 is 0 Å². The molecule has 0 bridgehead atoms. The zero-order chi connectivity index (χ0) is 31.2. The Morgan fingerprint density at radius 1 is 0.773 bits per heavy atom. The smallest absolute Gasteiger partial charge is 0.369 e. The summed E-state index contributed by atoms with van der Waals surface area (Å²) >= 11 is 0. The van der Waals surface area contributed by atoms with E-state index >= 15 is 0 Å². The van der Waals surface area contributed by atoms with Gasteiger partial charge < -0.3 is 10.5 Å². The largest absolute Gasteiger partial charge is 0.416 e. The van der Waals surface area contributed by atoms with Crippen molar-refractivity contribution in [1.82, 2.24) is 9.55 Å². The number of ether oxygens (including phenoxy) is 1. The minimum absolute atomic E-state index is 0.0859. The Balaban J connectivity index is 1.44. The van der Waals surface area contributed by atoms with E-state index < -0.39 is 29.0 Å². The van der Waals surface area contributed by atoms with Crippen LogP contribution in [0.4, 0.5) is 32.3 Å². The summed E-state index contributed by atoms with van der Waals surface area (Å²) in [4.78, 5) is 18.5. The van der Waals surface area contributed by atoms with E-state index in [1.54, 1.807) is 6.07 Å². The second-order valence-corrected chi connectivity index (χ2v) is 10.7. The number of aromatic nitrogens is 2. The number of nitrogens with zero attached hydrogens (tertiary/aromatic N) is 2. The van der Waals surface area contributed by atoms with Crippen molar-refractivity contribution >= 4 is 16.9 Å². The summed E-state index contributed by atoms with van der Waals surface area (Å²) in [5.74, 6) is -0.0859. The number of halogens is 6. The highest BCUT2D eigenvalue weighted by Crippen LogP contribution is 2.37. The predicted molar refractivity (Wildman–Crippen MR) is 155 cm³/mol.